The van der Waals surface area contributed by atoms with Crippen LogP contribution in [0.3, 0.4) is 0 Å². The summed E-state index contributed by atoms with van der Waals surface area (Å²) in [4.78, 5) is 4.45. The van der Waals surface area contributed by atoms with Gasteiger partial charge in [0, 0.05) is 105 Å². The number of para-hydroxylation sites is 10. The summed E-state index contributed by atoms with van der Waals surface area (Å²) < 4.78 is 14.5. The highest BCUT2D eigenvalue weighted by molar-refractivity contribution is 6.32. The molecule has 0 aliphatic carbocycles. The molecule has 476 valence electrons. The lowest BCUT2D eigenvalue weighted by atomic mass is 9.94. The van der Waals surface area contributed by atoms with Crippen LogP contribution < -0.4 is 0 Å². The van der Waals surface area contributed by atoms with Crippen molar-refractivity contribution in [3.05, 3.63) is 370 Å². The molecular formula is C95H61N7. The molecule has 0 spiro atoms. The highest BCUT2D eigenvalue weighted by Crippen LogP contribution is 2.49. The van der Waals surface area contributed by atoms with Gasteiger partial charge in [-0.25, -0.2) is 0 Å². The summed E-state index contributed by atoms with van der Waals surface area (Å²) in [7, 11) is 0. The molecule has 0 saturated heterocycles. The van der Waals surface area contributed by atoms with E-state index in [1.54, 1.807) is 0 Å². The van der Waals surface area contributed by atoms with Crippen LogP contribution in [-0.4, -0.2) is 32.4 Å². The third kappa shape index (κ3) is 8.65. The molecule has 15 aromatic carbocycles. The van der Waals surface area contributed by atoms with E-state index in [2.05, 4.69) is 384 Å². The van der Waals surface area contributed by atoms with Gasteiger partial charge in [-0.05, 0) is 168 Å². The summed E-state index contributed by atoms with van der Waals surface area (Å²) in [5.74, 6) is 0. The second kappa shape index (κ2) is 22.9. The molecule has 102 heavy (non-hydrogen) atoms. The number of aromatic nitrogens is 7. The first-order chi connectivity index (χ1) is 50.7. The van der Waals surface area contributed by atoms with E-state index in [9.17, 15) is 0 Å². The maximum absolute atomic E-state index is 4.45. The lowest BCUT2D eigenvalue weighted by Crippen LogP contribution is -1.97. The maximum Gasteiger partial charge on any atom is 0.0645 e. The second-order valence-corrected chi connectivity index (χ2v) is 26.6. The number of benzene rings is 15. The standard InChI is InChI=1S/C54H35N3.C41H26N4/c1-4-19-39(20-5-1)55-47-28-13-10-25-42(47)46-34-37(31-32-50(46)55)36-17-16-18-38(33-36)45-35-51-52(43-26-11-14-29-48(43)56(51)40-21-6-2-7-22-40)53-44-27-12-15-30-49(44)57(54(45)53)41-23-8-3-9-24-41;1-2-11-27(12-3-1)43-34-17-7-4-14-30(34)33-25-28(20-21-37(33)43)44-35-18-8-5-15-31(35)40-38(44)22-23-39-41(40)32-16-6-9-19-36(32)45(39)29-13-10-24-42-26-29/h1-35H;1-26H. The molecule has 0 amide bonds. The van der Waals surface area contributed by atoms with Crippen LogP contribution in [-0.2, 0) is 0 Å². The average Bonchev–Trinajstić information content (AvgIpc) is 1.54. The minimum Gasteiger partial charge on any atom is -0.309 e. The van der Waals surface area contributed by atoms with E-state index in [0.717, 1.165) is 22.7 Å². The third-order valence-corrected chi connectivity index (χ3v) is 21.1. The Morgan fingerprint density at radius 3 is 1.02 bits per heavy atom. The molecule has 22 aromatic rings. The number of pyridine rings is 1. The first-order valence-electron chi connectivity index (χ1n) is 34.9. The minimum atomic E-state index is 1.06. The largest absolute Gasteiger partial charge is 0.309 e. The number of nitrogens with zero attached hydrogens (tertiary/aromatic N) is 7. The smallest absolute Gasteiger partial charge is 0.0645 e. The monoisotopic (exact) mass is 1300 g/mol. The first-order valence-corrected chi connectivity index (χ1v) is 34.9. The van der Waals surface area contributed by atoms with Gasteiger partial charge in [-0.1, -0.05) is 206 Å². The molecule has 0 atom stereocenters. The predicted octanol–water partition coefficient (Wildman–Crippen LogP) is 24.7. The third-order valence-electron chi connectivity index (χ3n) is 21.1. The lowest BCUT2D eigenvalue weighted by molar-refractivity contribution is 1.14. The quantitative estimate of drug-likeness (QED) is 0.149. The van der Waals surface area contributed by atoms with Gasteiger partial charge in [0.25, 0.3) is 0 Å². The zero-order valence-corrected chi connectivity index (χ0v) is 55.3. The van der Waals surface area contributed by atoms with E-state index >= 15 is 0 Å². The Kier molecular flexibility index (Phi) is 12.9. The van der Waals surface area contributed by atoms with Gasteiger partial charge < -0.3 is 27.4 Å². The highest BCUT2D eigenvalue weighted by atomic mass is 15.0. The molecule has 7 heterocycles. The Hall–Kier alpha value is -13.8. The predicted molar refractivity (Wildman–Crippen MR) is 428 cm³/mol. The minimum absolute atomic E-state index is 1.06. The zero-order valence-electron chi connectivity index (χ0n) is 55.3. The van der Waals surface area contributed by atoms with Crippen molar-refractivity contribution in [1.29, 1.82) is 0 Å². The Bertz CT molecular complexity index is 7090. The maximum atomic E-state index is 4.45. The fourth-order valence-electron chi connectivity index (χ4n) is 16.9. The SMILES string of the molecule is c1ccc(-n2c3ccccc3c3cc(-c4cccc(-c5cc6c(c7ccccc7n6-c6ccccc6)c6c7ccccc7n(-c7ccccc7)c56)c4)ccc32)cc1.c1ccc(-n2c3ccccc3c3cc(-n4c5ccccc5c5c6c7ccccc7n(-c7cccnc7)c6ccc54)ccc32)cc1. The van der Waals surface area contributed by atoms with Crippen LogP contribution in [0.4, 0.5) is 0 Å². The Morgan fingerprint density at radius 1 is 0.176 bits per heavy atom. The van der Waals surface area contributed by atoms with Crippen molar-refractivity contribution in [2.24, 2.45) is 0 Å². The van der Waals surface area contributed by atoms with Gasteiger partial charge in [-0.15, -0.1) is 0 Å². The van der Waals surface area contributed by atoms with E-state index in [1.807, 2.05) is 18.5 Å². The summed E-state index contributed by atoms with van der Waals surface area (Å²) in [5.41, 5.74) is 26.0. The Morgan fingerprint density at radius 2 is 0.520 bits per heavy atom. The molecule has 7 nitrogen and oxygen atoms in total. The molecule has 0 N–H and O–H groups in total. The number of hydrogen-bond acceptors (Lipinski definition) is 1. The topological polar surface area (TPSA) is 42.5 Å². The second-order valence-electron chi connectivity index (χ2n) is 26.6. The fourth-order valence-corrected chi connectivity index (χ4v) is 16.9. The van der Waals surface area contributed by atoms with E-state index in [-0.39, 0.29) is 0 Å². The van der Waals surface area contributed by atoms with Crippen LogP contribution in [0.2, 0.25) is 0 Å². The number of fused-ring (bicyclic) bond motifs is 20. The normalized spacial score (nSPS) is 11.9. The van der Waals surface area contributed by atoms with Crippen molar-refractivity contribution >= 4 is 131 Å². The van der Waals surface area contributed by atoms with Crippen molar-refractivity contribution in [1.82, 2.24) is 32.4 Å². The average molecular weight is 1300 g/mol. The molecule has 0 saturated carbocycles. The zero-order chi connectivity index (χ0) is 66.9. The van der Waals surface area contributed by atoms with E-state index in [1.165, 1.54) is 164 Å². The molecule has 22 rings (SSSR count). The molecule has 0 unspecified atom stereocenters. The molecular weight excluding hydrogens is 1240 g/mol. The van der Waals surface area contributed by atoms with Crippen molar-refractivity contribution in [3.8, 4) is 56.4 Å². The fraction of sp³-hybridized carbons (Fsp3) is 0. The van der Waals surface area contributed by atoms with Crippen LogP contribution in [0.5, 0.6) is 0 Å². The van der Waals surface area contributed by atoms with Crippen molar-refractivity contribution < 1.29 is 0 Å². The highest BCUT2D eigenvalue weighted by Gasteiger charge is 2.26. The van der Waals surface area contributed by atoms with Crippen LogP contribution >= 0.6 is 0 Å². The van der Waals surface area contributed by atoms with Gasteiger partial charge in [0.1, 0.15) is 0 Å². The van der Waals surface area contributed by atoms with Gasteiger partial charge in [0.15, 0.2) is 0 Å². The van der Waals surface area contributed by atoms with Crippen LogP contribution in [0.15, 0.2) is 370 Å². The molecule has 0 aliphatic heterocycles. The molecule has 0 fully saturated rings. The molecule has 7 heteroatoms. The van der Waals surface area contributed by atoms with Gasteiger partial charge in [-0.2, -0.15) is 0 Å². The first kappa shape index (κ1) is 57.3. The van der Waals surface area contributed by atoms with Gasteiger partial charge in [0.05, 0.1) is 78.1 Å². The molecule has 0 aliphatic rings. The summed E-state index contributed by atoms with van der Waals surface area (Å²) >= 11 is 0. The van der Waals surface area contributed by atoms with Crippen molar-refractivity contribution in [2.45, 2.75) is 0 Å². The van der Waals surface area contributed by atoms with E-state index in [4.69, 9.17) is 0 Å². The summed E-state index contributed by atoms with van der Waals surface area (Å²) in [6.07, 6.45) is 3.78. The van der Waals surface area contributed by atoms with E-state index < -0.39 is 0 Å². The Balaban J connectivity index is 0.000000136. The summed E-state index contributed by atoms with van der Waals surface area (Å²) in [6, 6.07) is 130. The molecule has 0 bridgehead atoms. The van der Waals surface area contributed by atoms with Crippen LogP contribution in [0.1, 0.15) is 0 Å². The van der Waals surface area contributed by atoms with Gasteiger partial charge in [0.2, 0.25) is 0 Å². The van der Waals surface area contributed by atoms with Gasteiger partial charge >= 0.3 is 0 Å². The summed E-state index contributed by atoms with van der Waals surface area (Å²) in [5, 5.41) is 15.1. The molecule has 7 aromatic heterocycles. The lowest BCUT2D eigenvalue weighted by Gasteiger charge is -2.15. The van der Waals surface area contributed by atoms with Crippen molar-refractivity contribution in [3.63, 3.8) is 0 Å². The van der Waals surface area contributed by atoms with Gasteiger partial charge in [-0.3, -0.25) is 4.98 Å². The van der Waals surface area contributed by atoms with E-state index in [0.29, 0.717) is 0 Å². The number of rotatable bonds is 8. The van der Waals surface area contributed by atoms with Crippen LogP contribution in [0, 0.1) is 0 Å². The van der Waals surface area contributed by atoms with Crippen molar-refractivity contribution in [2.75, 3.05) is 0 Å². The molecule has 0 radical (unpaired) electrons. The summed E-state index contributed by atoms with van der Waals surface area (Å²) in [6.45, 7) is 0. The van der Waals surface area contributed by atoms with Crippen LogP contribution in [0.25, 0.3) is 187 Å². The number of hydrogen-bond donors (Lipinski definition) is 0. The Labute approximate surface area is 586 Å².